The van der Waals surface area contributed by atoms with Gasteiger partial charge >= 0.3 is 0 Å². The van der Waals surface area contributed by atoms with E-state index >= 15 is 0 Å². The minimum absolute atomic E-state index is 0.0388. The third kappa shape index (κ3) is 3.90. The fourth-order valence-electron chi connectivity index (χ4n) is 5.01. The lowest BCUT2D eigenvalue weighted by molar-refractivity contribution is 0.00242. The summed E-state index contributed by atoms with van der Waals surface area (Å²) in [4.78, 5) is 11.9. The van der Waals surface area contributed by atoms with Crippen LogP contribution in [0, 0.1) is 16.7 Å². The summed E-state index contributed by atoms with van der Waals surface area (Å²) in [7, 11) is 0. The Bertz CT molecular complexity index is 1220. The summed E-state index contributed by atoms with van der Waals surface area (Å²) in [6.45, 7) is 1.21. The number of hydrogen-bond acceptors (Lipinski definition) is 5. The summed E-state index contributed by atoms with van der Waals surface area (Å²) in [5.74, 6) is 0. The zero-order valence-corrected chi connectivity index (χ0v) is 17.9. The summed E-state index contributed by atoms with van der Waals surface area (Å²) in [6, 6.07) is 14.6. The van der Waals surface area contributed by atoms with Crippen molar-refractivity contribution in [2.75, 3.05) is 6.61 Å². The number of aromatic amines is 1. The maximum atomic E-state index is 9.66. The van der Waals surface area contributed by atoms with Gasteiger partial charge in [-0.05, 0) is 24.5 Å². The van der Waals surface area contributed by atoms with E-state index in [0.29, 0.717) is 19.6 Å². The van der Waals surface area contributed by atoms with Gasteiger partial charge in [0.05, 0.1) is 43.6 Å². The van der Waals surface area contributed by atoms with Crippen LogP contribution in [0.3, 0.4) is 0 Å². The molecule has 162 valence electrons. The molecular weight excluding hydrogens is 400 g/mol. The fraction of sp³-hybridized carbons (Fsp3) is 0.360. The number of hydrogen-bond donors (Lipinski definition) is 1. The lowest BCUT2D eigenvalue weighted by atomic mass is 9.78. The lowest BCUT2D eigenvalue weighted by Gasteiger charge is -2.36. The average molecular weight is 427 g/mol. The van der Waals surface area contributed by atoms with Crippen LogP contribution in [0.25, 0.3) is 22.3 Å². The molecule has 3 heterocycles. The van der Waals surface area contributed by atoms with Crippen molar-refractivity contribution in [2.24, 2.45) is 5.41 Å². The van der Waals surface area contributed by atoms with Gasteiger partial charge in [0.15, 0.2) is 0 Å². The molecular formula is C25H26N6O. The number of nitrogens with one attached hydrogen (secondary N) is 1. The lowest BCUT2D eigenvalue weighted by Crippen LogP contribution is -2.35. The molecule has 1 N–H and O–H groups in total. The zero-order valence-electron chi connectivity index (χ0n) is 17.9. The number of ether oxygens (including phenoxy) is 1. The normalized spacial score (nSPS) is 16.2. The molecule has 7 nitrogen and oxygen atoms in total. The van der Waals surface area contributed by atoms with E-state index in [0.717, 1.165) is 53.5 Å². The van der Waals surface area contributed by atoms with Crippen LogP contribution in [0.1, 0.15) is 43.7 Å². The monoisotopic (exact) mass is 426 g/mol. The molecule has 0 aliphatic heterocycles. The van der Waals surface area contributed by atoms with E-state index in [-0.39, 0.29) is 11.5 Å². The maximum Gasteiger partial charge on any atom is 0.141 e. The van der Waals surface area contributed by atoms with E-state index in [1.54, 1.807) is 6.33 Å². The van der Waals surface area contributed by atoms with Crippen LogP contribution in [0.2, 0.25) is 0 Å². The number of nitrogens with zero attached hydrogens (tertiary/aromatic N) is 5. The topological polar surface area (TPSA) is 92.4 Å². The van der Waals surface area contributed by atoms with E-state index in [4.69, 9.17) is 9.84 Å². The summed E-state index contributed by atoms with van der Waals surface area (Å²) >= 11 is 0. The van der Waals surface area contributed by atoms with E-state index in [9.17, 15) is 5.26 Å². The Morgan fingerprint density at radius 3 is 2.81 bits per heavy atom. The maximum absolute atomic E-state index is 9.66. The van der Waals surface area contributed by atoms with Crippen LogP contribution >= 0.6 is 0 Å². The second-order valence-electron chi connectivity index (χ2n) is 8.60. The van der Waals surface area contributed by atoms with Gasteiger partial charge in [0.1, 0.15) is 12.0 Å². The van der Waals surface area contributed by atoms with E-state index in [1.807, 2.05) is 47.5 Å². The molecule has 3 aromatic heterocycles. The first-order valence-electron chi connectivity index (χ1n) is 11.1. The Morgan fingerprint density at radius 1 is 1.16 bits per heavy atom. The number of benzene rings is 1. The van der Waals surface area contributed by atoms with Crippen molar-refractivity contribution in [1.29, 1.82) is 5.26 Å². The molecule has 0 bridgehead atoms. The van der Waals surface area contributed by atoms with Gasteiger partial charge in [-0.15, -0.1) is 0 Å². The van der Waals surface area contributed by atoms with Crippen LogP contribution < -0.4 is 0 Å². The van der Waals surface area contributed by atoms with Crippen molar-refractivity contribution in [3.8, 4) is 17.3 Å². The largest absolute Gasteiger partial charge is 0.376 e. The third-order valence-electron chi connectivity index (χ3n) is 6.64. The molecule has 1 atom stereocenters. The highest BCUT2D eigenvalue weighted by Crippen LogP contribution is 2.48. The Morgan fingerprint density at radius 2 is 2.00 bits per heavy atom. The molecule has 0 amide bonds. The molecule has 1 aliphatic carbocycles. The molecule has 32 heavy (non-hydrogen) atoms. The SMILES string of the molecule is N#CCC(n1cc(-c2ncnc3[nH]ccc23)cn1)C1(COCc2ccccc2)CCCC1. The van der Waals surface area contributed by atoms with Crippen molar-refractivity contribution in [3.05, 3.63) is 66.9 Å². The summed E-state index contributed by atoms with van der Waals surface area (Å²) in [5.41, 5.74) is 3.65. The van der Waals surface area contributed by atoms with Crippen molar-refractivity contribution in [3.63, 3.8) is 0 Å². The van der Waals surface area contributed by atoms with Crippen LogP contribution in [0.5, 0.6) is 0 Å². The number of fused-ring (bicyclic) bond motifs is 1. The van der Waals surface area contributed by atoms with Gasteiger partial charge in [-0.25, -0.2) is 9.97 Å². The second-order valence-corrected chi connectivity index (χ2v) is 8.60. The molecule has 1 aromatic carbocycles. The van der Waals surface area contributed by atoms with Crippen molar-refractivity contribution in [2.45, 2.75) is 44.8 Å². The van der Waals surface area contributed by atoms with Crippen molar-refractivity contribution in [1.82, 2.24) is 24.7 Å². The van der Waals surface area contributed by atoms with Crippen molar-refractivity contribution >= 4 is 11.0 Å². The minimum Gasteiger partial charge on any atom is -0.376 e. The zero-order chi connectivity index (χ0) is 21.8. The molecule has 1 unspecified atom stereocenters. The Hall–Kier alpha value is -3.50. The third-order valence-corrected chi connectivity index (χ3v) is 6.64. The molecule has 7 heteroatoms. The quantitative estimate of drug-likeness (QED) is 0.425. The van der Waals surface area contributed by atoms with E-state index in [2.05, 4.69) is 33.2 Å². The van der Waals surface area contributed by atoms with Crippen molar-refractivity contribution < 1.29 is 4.74 Å². The van der Waals surface area contributed by atoms with Gasteiger partial charge in [0.2, 0.25) is 0 Å². The minimum atomic E-state index is -0.0944. The highest BCUT2D eigenvalue weighted by Gasteiger charge is 2.43. The first-order valence-corrected chi connectivity index (χ1v) is 11.1. The Kier molecular flexibility index (Phi) is 5.70. The van der Waals surface area contributed by atoms with Crippen LogP contribution in [0.4, 0.5) is 0 Å². The summed E-state index contributed by atoms with van der Waals surface area (Å²) in [5, 5.41) is 15.3. The number of nitriles is 1. The number of H-pyrrole nitrogens is 1. The molecule has 0 saturated heterocycles. The second kappa shape index (κ2) is 8.93. The molecule has 0 radical (unpaired) electrons. The predicted octanol–water partition coefficient (Wildman–Crippen LogP) is 5.05. The first kappa shape index (κ1) is 20.4. The van der Waals surface area contributed by atoms with Crippen LogP contribution in [-0.2, 0) is 11.3 Å². The van der Waals surface area contributed by atoms with Crippen LogP contribution in [-0.4, -0.2) is 31.3 Å². The summed E-state index contributed by atoms with van der Waals surface area (Å²) < 4.78 is 8.19. The molecule has 1 fully saturated rings. The highest BCUT2D eigenvalue weighted by atomic mass is 16.5. The van der Waals surface area contributed by atoms with E-state index < -0.39 is 0 Å². The highest BCUT2D eigenvalue weighted by molar-refractivity contribution is 5.89. The van der Waals surface area contributed by atoms with Gasteiger partial charge in [-0.2, -0.15) is 10.4 Å². The van der Waals surface area contributed by atoms with Gasteiger partial charge in [-0.1, -0.05) is 43.2 Å². The van der Waals surface area contributed by atoms with Crippen LogP contribution in [0.15, 0.2) is 61.3 Å². The van der Waals surface area contributed by atoms with Gasteiger partial charge in [-0.3, -0.25) is 4.68 Å². The number of aromatic nitrogens is 5. The molecule has 4 aromatic rings. The average Bonchev–Trinajstić information content (AvgIpc) is 3.59. The molecule has 0 spiro atoms. The van der Waals surface area contributed by atoms with E-state index in [1.165, 1.54) is 0 Å². The molecule has 5 rings (SSSR count). The van der Waals surface area contributed by atoms with Gasteiger partial charge in [0, 0.05) is 28.8 Å². The van der Waals surface area contributed by atoms with Gasteiger partial charge < -0.3 is 9.72 Å². The Labute approximate surface area is 187 Å². The predicted molar refractivity (Wildman–Crippen MR) is 121 cm³/mol. The smallest absolute Gasteiger partial charge is 0.141 e. The summed E-state index contributed by atoms with van der Waals surface area (Å²) in [6.07, 6.45) is 12.1. The first-order chi connectivity index (χ1) is 15.8. The number of rotatable bonds is 8. The standard InChI is InChI=1S/C25H26N6O/c26-12-8-22(25(10-4-5-11-25)17-32-16-19-6-2-1-3-7-19)31-15-20(14-30-31)23-21-9-13-27-24(21)29-18-28-23/h1-3,6-7,9,13-15,18,22H,4-5,8,10-11,16-17H2,(H,27,28,29). The molecule has 1 saturated carbocycles. The Balaban J connectivity index is 1.41. The molecule has 1 aliphatic rings. The van der Waals surface area contributed by atoms with Gasteiger partial charge in [0.25, 0.3) is 0 Å². The fourth-order valence-corrected chi connectivity index (χ4v) is 5.01.